The molecule has 0 atom stereocenters. The molecule has 0 spiro atoms. The molecule has 2 aromatic heterocycles. The highest BCUT2D eigenvalue weighted by atomic mass is 16.1. The first-order valence-corrected chi connectivity index (χ1v) is 6.17. The average molecular weight is 275 g/mol. The van der Waals surface area contributed by atoms with Crippen molar-refractivity contribution in [3.63, 3.8) is 0 Å². The van der Waals surface area contributed by atoms with Crippen LogP contribution in [-0.2, 0) is 0 Å². The maximum absolute atomic E-state index is 12.1. The van der Waals surface area contributed by atoms with E-state index in [1.807, 2.05) is 24.3 Å². The molecular formula is C15H9N5O. The van der Waals surface area contributed by atoms with Crippen LogP contribution in [-0.4, -0.2) is 19.9 Å². The van der Waals surface area contributed by atoms with E-state index >= 15 is 0 Å². The Morgan fingerprint density at radius 3 is 2.43 bits per heavy atom. The molecule has 0 saturated heterocycles. The number of hydrogen-bond acceptors (Lipinski definition) is 5. The minimum absolute atomic E-state index is 0.0270. The summed E-state index contributed by atoms with van der Waals surface area (Å²) in [5.41, 5.74) is 0.483. The van der Waals surface area contributed by atoms with Gasteiger partial charge in [0.1, 0.15) is 11.6 Å². The molecule has 0 aliphatic rings. The van der Waals surface area contributed by atoms with Crippen molar-refractivity contribution < 1.29 is 0 Å². The first-order valence-electron chi connectivity index (χ1n) is 6.17. The lowest BCUT2D eigenvalue weighted by atomic mass is 10.1. The molecule has 3 aromatic rings. The fourth-order valence-corrected chi connectivity index (χ4v) is 1.91. The summed E-state index contributed by atoms with van der Waals surface area (Å²) in [6.45, 7) is 0. The van der Waals surface area contributed by atoms with Crippen molar-refractivity contribution in [2.24, 2.45) is 0 Å². The first-order chi connectivity index (χ1) is 10.3. The zero-order valence-corrected chi connectivity index (χ0v) is 10.8. The average Bonchev–Trinajstić information content (AvgIpc) is 2.55. The van der Waals surface area contributed by atoms with Gasteiger partial charge >= 0.3 is 0 Å². The lowest BCUT2D eigenvalue weighted by Gasteiger charge is -2.05. The van der Waals surface area contributed by atoms with Gasteiger partial charge in [0.15, 0.2) is 11.6 Å². The molecule has 3 rings (SSSR count). The quantitative estimate of drug-likeness (QED) is 0.768. The number of rotatable bonds is 2. The molecule has 0 bridgehead atoms. The van der Waals surface area contributed by atoms with Gasteiger partial charge in [-0.05, 0) is 6.07 Å². The third-order valence-electron chi connectivity index (χ3n) is 2.86. The molecule has 0 saturated carbocycles. The minimum atomic E-state index is -0.506. The van der Waals surface area contributed by atoms with Crippen LogP contribution >= 0.6 is 0 Å². The van der Waals surface area contributed by atoms with Crippen LogP contribution in [0.5, 0.6) is 0 Å². The summed E-state index contributed by atoms with van der Waals surface area (Å²) < 4.78 is 0. The fraction of sp³-hybridized carbons (Fsp3) is 0. The number of aromatic nitrogens is 4. The fourth-order valence-electron chi connectivity index (χ4n) is 1.91. The second-order valence-electron chi connectivity index (χ2n) is 4.19. The summed E-state index contributed by atoms with van der Waals surface area (Å²) in [6.07, 6.45) is 3.12. The van der Waals surface area contributed by atoms with Crippen LogP contribution in [0.25, 0.3) is 22.9 Å². The lowest BCUT2D eigenvalue weighted by Crippen LogP contribution is -2.15. The van der Waals surface area contributed by atoms with Crippen molar-refractivity contribution in [3.05, 3.63) is 64.7 Å². The van der Waals surface area contributed by atoms with Crippen molar-refractivity contribution in [1.82, 2.24) is 19.9 Å². The summed E-state index contributed by atoms with van der Waals surface area (Å²) in [5, 5.41) is 9.18. The van der Waals surface area contributed by atoms with E-state index in [1.54, 1.807) is 30.6 Å². The Balaban J connectivity index is 2.27. The van der Waals surface area contributed by atoms with E-state index in [2.05, 4.69) is 19.9 Å². The molecular weight excluding hydrogens is 266 g/mol. The zero-order chi connectivity index (χ0) is 14.7. The van der Waals surface area contributed by atoms with E-state index in [0.717, 1.165) is 0 Å². The third kappa shape index (κ3) is 2.40. The van der Waals surface area contributed by atoms with E-state index < -0.39 is 5.56 Å². The Morgan fingerprint density at radius 2 is 1.76 bits per heavy atom. The van der Waals surface area contributed by atoms with E-state index in [1.165, 1.54) is 0 Å². The third-order valence-corrected chi connectivity index (χ3v) is 2.86. The zero-order valence-electron chi connectivity index (χ0n) is 10.8. The normalized spacial score (nSPS) is 10.0. The van der Waals surface area contributed by atoms with Gasteiger partial charge in [0.05, 0.1) is 5.69 Å². The Morgan fingerprint density at radius 1 is 1.05 bits per heavy atom. The van der Waals surface area contributed by atoms with Gasteiger partial charge in [-0.1, -0.05) is 30.3 Å². The molecule has 0 radical (unpaired) electrons. The monoisotopic (exact) mass is 275 g/mol. The molecule has 21 heavy (non-hydrogen) atoms. The number of benzene rings is 1. The van der Waals surface area contributed by atoms with Crippen LogP contribution < -0.4 is 5.56 Å². The molecule has 0 fully saturated rings. The van der Waals surface area contributed by atoms with E-state index in [-0.39, 0.29) is 11.4 Å². The van der Waals surface area contributed by atoms with Gasteiger partial charge in [-0.2, -0.15) is 5.26 Å². The molecule has 2 heterocycles. The van der Waals surface area contributed by atoms with Crippen LogP contribution in [0.3, 0.4) is 0 Å². The van der Waals surface area contributed by atoms with Gasteiger partial charge in [-0.15, -0.1) is 0 Å². The first kappa shape index (κ1) is 12.7. The maximum Gasteiger partial charge on any atom is 0.269 e. The summed E-state index contributed by atoms with van der Waals surface area (Å²) >= 11 is 0. The van der Waals surface area contributed by atoms with Crippen molar-refractivity contribution in [2.45, 2.75) is 0 Å². The van der Waals surface area contributed by atoms with Gasteiger partial charge in [0.2, 0.25) is 0 Å². The Hall–Kier alpha value is -3.33. The van der Waals surface area contributed by atoms with Crippen LogP contribution in [0.1, 0.15) is 5.56 Å². The highest BCUT2D eigenvalue weighted by Crippen LogP contribution is 2.20. The Bertz CT molecular complexity index is 866. The highest BCUT2D eigenvalue weighted by Gasteiger charge is 2.14. The Labute approximate surface area is 119 Å². The number of hydrogen-bond donors (Lipinski definition) is 1. The summed E-state index contributed by atoms with van der Waals surface area (Å²) in [4.78, 5) is 27.1. The molecule has 0 unspecified atom stereocenters. The summed E-state index contributed by atoms with van der Waals surface area (Å²) in [5.74, 6) is 0.537. The molecule has 6 nitrogen and oxygen atoms in total. The number of H-pyrrole nitrogens is 1. The largest absolute Gasteiger partial charge is 0.303 e. The van der Waals surface area contributed by atoms with Crippen molar-refractivity contribution >= 4 is 0 Å². The predicted octanol–water partition coefficient (Wildman–Crippen LogP) is 1.77. The smallest absolute Gasteiger partial charge is 0.269 e. The highest BCUT2D eigenvalue weighted by molar-refractivity contribution is 5.67. The topological polar surface area (TPSA) is 95.3 Å². The van der Waals surface area contributed by atoms with E-state index in [4.69, 9.17) is 0 Å². The van der Waals surface area contributed by atoms with Crippen LogP contribution in [0.4, 0.5) is 0 Å². The number of nitrogens with zero attached hydrogens (tertiary/aromatic N) is 4. The SMILES string of the molecule is N#Cc1c(-c2ccccc2)nc(-c2ncccn2)[nH]c1=O. The van der Waals surface area contributed by atoms with Crippen molar-refractivity contribution in [3.8, 4) is 29.0 Å². The summed E-state index contributed by atoms with van der Waals surface area (Å²) in [7, 11) is 0. The molecule has 0 aliphatic heterocycles. The molecule has 1 aromatic carbocycles. The number of nitrogens with one attached hydrogen (secondary N) is 1. The van der Waals surface area contributed by atoms with E-state index in [0.29, 0.717) is 17.1 Å². The van der Waals surface area contributed by atoms with Gasteiger partial charge < -0.3 is 4.98 Å². The molecule has 0 aliphatic carbocycles. The molecule has 1 N–H and O–H groups in total. The lowest BCUT2D eigenvalue weighted by molar-refractivity contribution is 1.05. The Kier molecular flexibility index (Phi) is 3.23. The van der Waals surface area contributed by atoms with Gasteiger partial charge in [-0.3, -0.25) is 4.79 Å². The van der Waals surface area contributed by atoms with Crippen LogP contribution in [0.15, 0.2) is 53.6 Å². The standard InChI is InChI=1S/C15H9N5O/c16-9-11-12(10-5-2-1-3-6-10)19-14(20-15(11)21)13-17-7-4-8-18-13/h1-8H,(H,19,20,21). The van der Waals surface area contributed by atoms with Crippen molar-refractivity contribution in [1.29, 1.82) is 5.26 Å². The second-order valence-corrected chi connectivity index (χ2v) is 4.19. The summed E-state index contributed by atoms with van der Waals surface area (Å²) in [6, 6.07) is 12.6. The second kappa shape index (κ2) is 5.35. The molecule has 6 heteroatoms. The van der Waals surface area contributed by atoms with Crippen molar-refractivity contribution in [2.75, 3.05) is 0 Å². The van der Waals surface area contributed by atoms with Crippen LogP contribution in [0, 0.1) is 11.3 Å². The van der Waals surface area contributed by atoms with Crippen LogP contribution in [0.2, 0.25) is 0 Å². The number of nitriles is 1. The van der Waals surface area contributed by atoms with Gasteiger partial charge in [0.25, 0.3) is 5.56 Å². The number of aromatic amines is 1. The van der Waals surface area contributed by atoms with Gasteiger partial charge in [-0.25, -0.2) is 15.0 Å². The molecule has 0 amide bonds. The van der Waals surface area contributed by atoms with Gasteiger partial charge in [0, 0.05) is 18.0 Å². The molecule has 100 valence electrons. The predicted molar refractivity (Wildman–Crippen MR) is 76.0 cm³/mol. The van der Waals surface area contributed by atoms with E-state index in [9.17, 15) is 10.1 Å². The maximum atomic E-state index is 12.1. The minimum Gasteiger partial charge on any atom is -0.303 e.